The van der Waals surface area contributed by atoms with E-state index in [1.807, 2.05) is 6.26 Å². The van der Waals surface area contributed by atoms with Crippen LogP contribution in [0.15, 0.2) is 30.6 Å². The highest BCUT2D eigenvalue weighted by atomic mass is 32.2. The van der Waals surface area contributed by atoms with Crippen LogP contribution in [0.2, 0.25) is 0 Å². The topological polar surface area (TPSA) is 79.4 Å². The molecular formula is C18H18F3N5O2S. The van der Waals surface area contributed by atoms with Gasteiger partial charge in [-0.05, 0) is 30.0 Å². The number of ether oxygens (including phenoxy) is 1. The third-order valence-electron chi connectivity index (χ3n) is 4.76. The van der Waals surface area contributed by atoms with Gasteiger partial charge in [-0.15, -0.1) is 0 Å². The van der Waals surface area contributed by atoms with Gasteiger partial charge >= 0.3 is 6.18 Å². The number of hydrogen-bond donors (Lipinski definition) is 2. The number of amides is 1. The number of carbonyl (C=O) groups is 1. The Balaban J connectivity index is 1.68. The Morgan fingerprint density at radius 3 is 2.72 bits per heavy atom. The molecule has 1 aromatic heterocycles. The Bertz CT molecular complexity index is 909. The van der Waals surface area contributed by atoms with E-state index in [4.69, 9.17) is 4.74 Å². The molecule has 0 spiro atoms. The molecule has 1 saturated heterocycles. The number of nitrogens with zero attached hydrogens (tertiary/aromatic N) is 3. The van der Waals surface area contributed by atoms with Crippen LogP contribution in [-0.4, -0.2) is 46.6 Å². The lowest BCUT2D eigenvalue weighted by atomic mass is 10.1. The fourth-order valence-electron chi connectivity index (χ4n) is 3.24. The quantitative estimate of drug-likeness (QED) is 0.713. The molecule has 2 aromatic rings. The molecule has 1 fully saturated rings. The van der Waals surface area contributed by atoms with Crippen molar-refractivity contribution in [2.75, 3.05) is 29.8 Å². The second kappa shape index (κ2) is 7.81. The van der Waals surface area contributed by atoms with Gasteiger partial charge in [0.25, 0.3) is 0 Å². The molecule has 29 heavy (non-hydrogen) atoms. The van der Waals surface area contributed by atoms with Gasteiger partial charge in [-0.3, -0.25) is 4.79 Å². The smallest absolute Gasteiger partial charge is 0.378 e. The maximum Gasteiger partial charge on any atom is 0.419 e. The summed E-state index contributed by atoms with van der Waals surface area (Å²) in [7, 11) is 0. The maximum absolute atomic E-state index is 12.9. The Kier molecular flexibility index (Phi) is 5.36. The summed E-state index contributed by atoms with van der Waals surface area (Å²) in [4.78, 5) is 19.5. The normalized spacial score (nSPS) is 21.2. The Labute approximate surface area is 169 Å². The summed E-state index contributed by atoms with van der Waals surface area (Å²) in [6.07, 6.45) is -0.788. The van der Waals surface area contributed by atoms with E-state index < -0.39 is 11.7 Å². The van der Waals surface area contributed by atoms with Crippen LogP contribution in [-0.2, 0) is 22.1 Å². The van der Waals surface area contributed by atoms with Crippen molar-refractivity contribution in [2.45, 2.75) is 23.9 Å². The molecule has 0 aliphatic carbocycles. The van der Waals surface area contributed by atoms with Crippen molar-refractivity contribution in [2.24, 2.45) is 0 Å². The first-order chi connectivity index (χ1) is 13.8. The molecule has 1 amide bonds. The Morgan fingerprint density at radius 1 is 1.28 bits per heavy atom. The maximum atomic E-state index is 12.9. The molecule has 4 rings (SSSR count). The minimum atomic E-state index is -4.51. The lowest BCUT2D eigenvalue weighted by Gasteiger charge is -2.29. The molecule has 11 heteroatoms. The van der Waals surface area contributed by atoms with Gasteiger partial charge in [0, 0.05) is 23.3 Å². The molecule has 3 heterocycles. The third-order valence-corrected chi connectivity index (χ3v) is 5.83. The molecular weight excluding hydrogens is 407 g/mol. The van der Waals surface area contributed by atoms with Gasteiger partial charge in [0.05, 0.1) is 36.9 Å². The average Bonchev–Trinajstić information content (AvgIpc) is 3.29. The number of alkyl halides is 3. The van der Waals surface area contributed by atoms with Crippen LogP contribution in [0.4, 0.5) is 30.5 Å². The van der Waals surface area contributed by atoms with E-state index in [0.29, 0.717) is 18.9 Å². The second-order valence-corrected chi connectivity index (χ2v) is 7.80. The lowest BCUT2D eigenvalue weighted by molar-refractivity contribution is -0.138. The van der Waals surface area contributed by atoms with E-state index in [0.717, 1.165) is 23.6 Å². The molecule has 2 aliphatic rings. The molecule has 1 aromatic carbocycles. The van der Waals surface area contributed by atoms with Gasteiger partial charge in [-0.1, -0.05) is 0 Å². The van der Waals surface area contributed by atoms with Crippen LogP contribution in [0.3, 0.4) is 0 Å². The van der Waals surface area contributed by atoms with E-state index >= 15 is 0 Å². The summed E-state index contributed by atoms with van der Waals surface area (Å²) in [6, 6.07) is 5.22. The highest BCUT2D eigenvalue weighted by Crippen LogP contribution is 2.32. The van der Waals surface area contributed by atoms with Crippen molar-refractivity contribution < 1.29 is 22.7 Å². The standard InChI is InChI=1S/C18H18F3N5O2S/c1-29-15-9-28-8-14(15)25-26(17-22-6-11(7-23-17)18(19,20)21)12-2-3-13-10(4-12)5-16(27)24-13/h2-4,6-7,14-15,25H,5,8-9H2,1H3,(H,24,27)/t14-,15-/m1/s1. The van der Waals surface area contributed by atoms with Crippen molar-refractivity contribution in [1.82, 2.24) is 15.4 Å². The predicted octanol–water partition coefficient (Wildman–Crippen LogP) is 2.76. The van der Waals surface area contributed by atoms with Crippen LogP contribution in [0.25, 0.3) is 0 Å². The molecule has 0 unspecified atom stereocenters. The summed E-state index contributed by atoms with van der Waals surface area (Å²) < 4.78 is 44.2. The largest absolute Gasteiger partial charge is 0.419 e. The molecule has 154 valence electrons. The summed E-state index contributed by atoms with van der Waals surface area (Å²) in [6.45, 7) is 1.02. The number of rotatable bonds is 5. The van der Waals surface area contributed by atoms with E-state index in [1.54, 1.807) is 35.0 Å². The monoisotopic (exact) mass is 425 g/mol. The van der Waals surface area contributed by atoms with Gasteiger partial charge in [-0.25, -0.2) is 20.4 Å². The first-order valence-corrected chi connectivity index (χ1v) is 10.1. The van der Waals surface area contributed by atoms with Gasteiger partial charge in [0.1, 0.15) is 0 Å². The zero-order valence-corrected chi connectivity index (χ0v) is 16.2. The van der Waals surface area contributed by atoms with Crippen LogP contribution < -0.4 is 15.8 Å². The van der Waals surface area contributed by atoms with Crippen molar-refractivity contribution in [3.05, 3.63) is 41.7 Å². The average molecular weight is 425 g/mol. The number of aromatic nitrogens is 2. The number of fused-ring (bicyclic) bond motifs is 1. The number of benzene rings is 1. The number of hydrazine groups is 1. The molecule has 2 N–H and O–H groups in total. The summed E-state index contributed by atoms with van der Waals surface area (Å²) in [5.74, 6) is -0.0314. The van der Waals surface area contributed by atoms with Gasteiger partial charge < -0.3 is 10.1 Å². The van der Waals surface area contributed by atoms with Crippen molar-refractivity contribution >= 4 is 35.0 Å². The molecule has 2 aliphatic heterocycles. The molecule has 0 radical (unpaired) electrons. The van der Waals surface area contributed by atoms with Gasteiger partial charge in [-0.2, -0.15) is 24.9 Å². The van der Waals surface area contributed by atoms with Gasteiger partial charge in [0.15, 0.2) is 0 Å². The highest BCUT2D eigenvalue weighted by Gasteiger charge is 2.33. The minimum Gasteiger partial charge on any atom is -0.378 e. The number of anilines is 3. The summed E-state index contributed by atoms with van der Waals surface area (Å²) in [5.41, 5.74) is 4.50. The molecule has 0 bridgehead atoms. The summed E-state index contributed by atoms with van der Waals surface area (Å²) in [5, 5.41) is 4.48. The second-order valence-electron chi connectivity index (χ2n) is 6.72. The molecule has 2 atom stereocenters. The van der Waals surface area contributed by atoms with E-state index in [1.165, 1.54) is 0 Å². The first kappa shape index (κ1) is 19.9. The SMILES string of the molecule is CS[C@@H]1COC[C@H]1NN(c1ccc2c(c1)CC(=O)N2)c1ncc(C(F)(F)F)cn1. The first-order valence-electron chi connectivity index (χ1n) is 8.84. The van der Waals surface area contributed by atoms with Crippen molar-refractivity contribution in [3.8, 4) is 0 Å². The minimum absolute atomic E-state index is 0.0713. The third kappa shape index (κ3) is 4.16. The number of nitrogens with one attached hydrogen (secondary N) is 2. The van der Waals surface area contributed by atoms with Gasteiger partial charge in [0.2, 0.25) is 11.9 Å². The van der Waals surface area contributed by atoms with E-state index in [2.05, 4.69) is 20.7 Å². The Hall–Kier alpha value is -2.37. The van der Waals surface area contributed by atoms with Crippen LogP contribution in [0.5, 0.6) is 0 Å². The van der Waals surface area contributed by atoms with Crippen LogP contribution in [0.1, 0.15) is 11.1 Å². The van der Waals surface area contributed by atoms with Crippen molar-refractivity contribution in [1.29, 1.82) is 0 Å². The van der Waals surface area contributed by atoms with E-state index in [-0.39, 0.29) is 29.6 Å². The number of halogens is 3. The molecule has 7 nitrogen and oxygen atoms in total. The zero-order chi connectivity index (χ0) is 20.6. The number of hydrogen-bond acceptors (Lipinski definition) is 7. The number of thioether (sulfide) groups is 1. The molecule has 0 saturated carbocycles. The lowest BCUT2D eigenvalue weighted by Crippen LogP contribution is -2.47. The predicted molar refractivity (Wildman–Crippen MR) is 103 cm³/mol. The van der Waals surface area contributed by atoms with Crippen molar-refractivity contribution in [3.63, 3.8) is 0 Å². The fraction of sp³-hybridized carbons (Fsp3) is 0.389. The zero-order valence-electron chi connectivity index (χ0n) is 15.4. The highest BCUT2D eigenvalue weighted by molar-refractivity contribution is 7.99. The Morgan fingerprint density at radius 2 is 2.03 bits per heavy atom. The fourth-order valence-corrected chi connectivity index (χ4v) is 3.94. The van der Waals surface area contributed by atoms with Crippen LogP contribution >= 0.6 is 11.8 Å². The van der Waals surface area contributed by atoms with E-state index in [9.17, 15) is 18.0 Å². The number of carbonyl (C=O) groups excluding carboxylic acids is 1. The summed E-state index contributed by atoms with van der Waals surface area (Å²) >= 11 is 1.64. The van der Waals surface area contributed by atoms with Crippen LogP contribution in [0, 0.1) is 0 Å².